The highest BCUT2D eigenvalue weighted by molar-refractivity contribution is 4.78. The number of ether oxygens (including phenoxy) is 1. The molecule has 0 aromatic heterocycles. The molecule has 0 bridgehead atoms. The number of rotatable bonds is 4. The lowest BCUT2D eigenvalue weighted by molar-refractivity contribution is 0.178. The lowest BCUT2D eigenvalue weighted by Gasteiger charge is -2.18. The van der Waals surface area contributed by atoms with Gasteiger partial charge in [0.15, 0.2) is 0 Å². The van der Waals surface area contributed by atoms with Crippen LogP contribution in [0.25, 0.3) is 0 Å². The Hall–Kier alpha value is -0.590. The van der Waals surface area contributed by atoms with E-state index in [0.29, 0.717) is 18.4 Å². The maximum Gasteiger partial charge on any atom is 0.0635 e. The smallest absolute Gasteiger partial charge is 0.0635 e. The second kappa shape index (κ2) is 5.13. The average Bonchev–Trinajstić information content (AvgIpc) is 2.56. The van der Waals surface area contributed by atoms with Crippen LogP contribution in [-0.2, 0) is 4.74 Å². The Balaban J connectivity index is 2.10. The van der Waals surface area contributed by atoms with E-state index in [2.05, 4.69) is 18.3 Å². The minimum absolute atomic E-state index is 0.487. The van der Waals surface area contributed by atoms with Gasteiger partial charge >= 0.3 is 0 Å². The molecular formula is C9H16N2O. The van der Waals surface area contributed by atoms with Crippen LogP contribution in [0.3, 0.4) is 0 Å². The summed E-state index contributed by atoms with van der Waals surface area (Å²) in [6.07, 6.45) is 1.75. The first-order chi connectivity index (χ1) is 5.84. The van der Waals surface area contributed by atoms with Gasteiger partial charge in [-0.1, -0.05) is 0 Å². The molecule has 1 N–H and O–H groups in total. The molecule has 1 aliphatic heterocycles. The van der Waals surface area contributed by atoms with Gasteiger partial charge in [-0.25, -0.2) is 0 Å². The Morgan fingerprint density at radius 3 is 3.17 bits per heavy atom. The number of nitriles is 1. The van der Waals surface area contributed by atoms with E-state index in [1.807, 2.05) is 0 Å². The van der Waals surface area contributed by atoms with Gasteiger partial charge in [0.2, 0.25) is 0 Å². The molecule has 1 aliphatic rings. The van der Waals surface area contributed by atoms with E-state index in [1.165, 1.54) is 0 Å². The van der Waals surface area contributed by atoms with E-state index >= 15 is 0 Å². The Morgan fingerprint density at radius 1 is 1.75 bits per heavy atom. The van der Waals surface area contributed by atoms with Crippen LogP contribution in [0.5, 0.6) is 0 Å². The first kappa shape index (κ1) is 9.50. The highest BCUT2D eigenvalue weighted by Gasteiger charge is 2.21. The van der Waals surface area contributed by atoms with Gasteiger partial charge in [-0.2, -0.15) is 5.26 Å². The lowest BCUT2D eigenvalue weighted by Crippen LogP contribution is -2.34. The fourth-order valence-electron chi connectivity index (χ4n) is 1.47. The van der Waals surface area contributed by atoms with Crippen LogP contribution in [0.2, 0.25) is 0 Å². The first-order valence-corrected chi connectivity index (χ1v) is 4.52. The van der Waals surface area contributed by atoms with Gasteiger partial charge in [0, 0.05) is 25.6 Å². The van der Waals surface area contributed by atoms with E-state index < -0.39 is 0 Å². The molecule has 2 atom stereocenters. The summed E-state index contributed by atoms with van der Waals surface area (Å²) in [4.78, 5) is 0. The fourth-order valence-corrected chi connectivity index (χ4v) is 1.47. The van der Waals surface area contributed by atoms with Crippen molar-refractivity contribution in [1.82, 2.24) is 5.32 Å². The minimum Gasteiger partial charge on any atom is -0.381 e. The van der Waals surface area contributed by atoms with Gasteiger partial charge in [0.1, 0.15) is 0 Å². The molecule has 1 saturated heterocycles. The standard InChI is InChI=1S/C9H16N2O/c1-8(11-5-2-4-10)9-3-6-12-7-9/h8-9,11H,2-3,5-7H2,1H3. The first-order valence-electron chi connectivity index (χ1n) is 4.52. The van der Waals surface area contributed by atoms with Crippen LogP contribution in [0.4, 0.5) is 0 Å². The third kappa shape index (κ3) is 2.80. The number of hydrogen-bond donors (Lipinski definition) is 1. The molecule has 0 spiro atoms. The molecule has 0 radical (unpaired) electrons. The third-order valence-electron chi connectivity index (χ3n) is 2.38. The Labute approximate surface area is 73.7 Å². The zero-order valence-electron chi connectivity index (χ0n) is 7.55. The van der Waals surface area contributed by atoms with Crippen LogP contribution in [0, 0.1) is 17.2 Å². The van der Waals surface area contributed by atoms with Crippen LogP contribution >= 0.6 is 0 Å². The maximum absolute atomic E-state index is 8.33. The number of hydrogen-bond acceptors (Lipinski definition) is 3. The monoisotopic (exact) mass is 168 g/mol. The summed E-state index contributed by atoms with van der Waals surface area (Å²) in [5.41, 5.74) is 0. The topological polar surface area (TPSA) is 45.0 Å². The highest BCUT2D eigenvalue weighted by atomic mass is 16.5. The van der Waals surface area contributed by atoms with Crippen molar-refractivity contribution < 1.29 is 4.74 Å². The average molecular weight is 168 g/mol. The van der Waals surface area contributed by atoms with E-state index in [-0.39, 0.29) is 0 Å². The minimum atomic E-state index is 0.487. The maximum atomic E-state index is 8.33. The number of nitrogens with zero attached hydrogens (tertiary/aromatic N) is 1. The SMILES string of the molecule is CC(NCCC#N)C1CCOC1. The van der Waals surface area contributed by atoms with Crippen molar-refractivity contribution in [2.75, 3.05) is 19.8 Å². The summed E-state index contributed by atoms with van der Waals surface area (Å²) >= 11 is 0. The molecule has 0 aliphatic carbocycles. The zero-order valence-corrected chi connectivity index (χ0v) is 7.55. The van der Waals surface area contributed by atoms with Gasteiger partial charge in [0.05, 0.1) is 12.7 Å². The molecular weight excluding hydrogens is 152 g/mol. The van der Waals surface area contributed by atoms with Crippen molar-refractivity contribution in [2.45, 2.75) is 25.8 Å². The summed E-state index contributed by atoms with van der Waals surface area (Å²) in [5, 5.41) is 11.7. The normalized spacial score (nSPS) is 25.2. The van der Waals surface area contributed by atoms with E-state index in [1.54, 1.807) is 0 Å². The van der Waals surface area contributed by atoms with E-state index in [4.69, 9.17) is 10.00 Å². The predicted octanol–water partition coefficient (Wildman–Crippen LogP) is 0.915. The molecule has 3 heteroatoms. The Bertz CT molecular complexity index is 158. The summed E-state index contributed by atoms with van der Waals surface area (Å²) in [6.45, 7) is 4.74. The molecule has 1 rings (SSSR count). The second-order valence-corrected chi connectivity index (χ2v) is 3.27. The second-order valence-electron chi connectivity index (χ2n) is 3.27. The van der Waals surface area contributed by atoms with Crippen molar-refractivity contribution >= 4 is 0 Å². The number of nitrogens with one attached hydrogen (secondary N) is 1. The van der Waals surface area contributed by atoms with Gasteiger partial charge in [-0.3, -0.25) is 0 Å². The van der Waals surface area contributed by atoms with Crippen molar-refractivity contribution in [3.05, 3.63) is 0 Å². The largest absolute Gasteiger partial charge is 0.381 e. The van der Waals surface area contributed by atoms with Crippen LogP contribution in [0.15, 0.2) is 0 Å². The quantitative estimate of drug-likeness (QED) is 0.635. The van der Waals surface area contributed by atoms with Crippen molar-refractivity contribution in [1.29, 1.82) is 5.26 Å². The molecule has 12 heavy (non-hydrogen) atoms. The van der Waals surface area contributed by atoms with Crippen LogP contribution in [-0.4, -0.2) is 25.8 Å². The summed E-state index contributed by atoms with van der Waals surface area (Å²) in [7, 11) is 0. The Kier molecular flexibility index (Phi) is 4.06. The Morgan fingerprint density at radius 2 is 2.58 bits per heavy atom. The molecule has 2 unspecified atom stereocenters. The fraction of sp³-hybridized carbons (Fsp3) is 0.889. The van der Waals surface area contributed by atoms with Gasteiger partial charge in [-0.15, -0.1) is 0 Å². The molecule has 1 heterocycles. The predicted molar refractivity (Wildman–Crippen MR) is 46.6 cm³/mol. The summed E-state index contributed by atoms with van der Waals surface area (Å²) < 4.78 is 5.28. The third-order valence-corrected chi connectivity index (χ3v) is 2.38. The molecule has 1 fully saturated rings. The molecule has 68 valence electrons. The molecule has 0 aromatic rings. The van der Waals surface area contributed by atoms with Gasteiger partial charge < -0.3 is 10.1 Å². The molecule has 0 saturated carbocycles. The van der Waals surface area contributed by atoms with Crippen molar-refractivity contribution in [3.63, 3.8) is 0 Å². The molecule has 3 nitrogen and oxygen atoms in total. The van der Waals surface area contributed by atoms with Crippen LogP contribution in [0.1, 0.15) is 19.8 Å². The van der Waals surface area contributed by atoms with Crippen molar-refractivity contribution in [2.24, 2.45) is 5.92 Å². The van der Waals surface area contributed by atoms with Gasteiger partial charge in [-0.05, 0) is 19.3 Å². The van der Waals surface area contributed by atoms with E-state index in [0.717, 1.165) is 26.2 Å². The van der Waals surface area contributed by atoms with Crippen LogP contribution < -0.4 is 5.32 Å². The van der Waals surface area contributed by atoms with Crippen molar-refractivity contribution in [3.8, 4) is 6.07 Å². The highest BCUT2D eigenvalue weighted by Crippen LogP contribution is 2.15. The zero-order chi connectivity index (χ0) is 8.81. The summed E-state index contributed by atoms with van der Waals surface area (Å²) in [5.74, 6) is 0.642. The molecule has 0 aromatic carbocycles. The lowest BCUT2D eigenvalue weighted by atomic mass is 10.0. The van der Waals surface area contributed by atoms with E-state index in [9.17, 15) is 0 Å². The summed E-state index contributed by atoms with van der Waals surface area (Å²) in [6, 6.07) is 2.61. The molecule has 0 amide bonds. The van der Waals surface area contributed by atoms with Gasteiger partial charge in [0.25, 0.3) is 0 Å².